The molecular formula is C29H33NO4. The fraction of sp³-hybridized carbons (Fsp3) is 0.379. The standard InChI is InChI=1S/C29H33NO4/c31-24(28-16-14-22-10-4-6-12-26(22)33-28)19-30(18-21-8-2-1-3-9-21)20-25(32)29-17-15-23-11-5-7-13-27(23)34-29/h1-13,24-25,28-29,31-32H,14-20H2/t24-,25-,28-,29-/m0/s1. The Morgan fingerprint density at radius 2 is 1.15 bits per heavy atom. The van der Waals surface area contributed by atoms with Crippen molar-refractivity contribution in [1.82, 2.24) is 4.90 Å². The van der Waals surface area contributed by atoms with Crippen LogP contribution in [-0.2, 0) is 19.4 Å². The third kappa shape index (κ3) is 5.44. The zero-order chi connectivity index (χ0) is 23.3. The largest absolute Gasteiger partial charge is 0.487 e. The van der Waals surface area contributed by atoms with Gasteiger partial charge in [0.05, 0.1) is 0 Å². The Hall–Kier alpha value is -2.86. The first-order valence-electron chi connectivity index (χ1n) is 12.3. The SMILES string of the molecule is O[C@@H](CN(Cc1ccccc1)C[C@H](O)[C@@H]1CCc2ccccc2O1)[C@@H]1CCc2ccccc2O1. The molecule has 0 saturated heterocycles. The molecule has 4 atom stereocenters. The summed E-state index contributed by atoms with van der Waals surface area (Å²) in [5.74, 6) is 1.73. The molecule has 2 aliphatic rings. The van der Waals surface area contributed by atoms with Gasteiger partial charge in [-0.05, 0) is 54.5 Å². The van der Waals surface area contributed by atoms with Crippen LogP contribution in [0.5, 0.6) is 11.5 Å². The van der Waals surface area contributed by atoms with Crippen LogP contribution in [0.25, 0.3) is 0 Å². The van der Waals surface area contributed by atoms with E-state index in [1.165, 1.54) is 11.1 Å². The summed E-state index contributed by atoms with van der Waals surface area (Å²) < 4.78 is 12.3. The number of aliphatic hydroxyl groups is 2. The average Bonchev–Trinajstić information content (AvgIpc) is 2.88. The minimum Gasteiger partial charge on any atom is -0.487 e. The number of aryl methyl sites for hydroxylation is 2. The number of hydrogen-bond donors (Lipinski definition) is 2. The Bertz CT molecular complexity index is 1010. The van der Waals surface area contributed by atoms with Gasteiger partial charge >= 0.3 is 0 Å². The molecule has 2 N–H and O–H groups in total. The number of benzene rings is 3. The molecule has 5 nitrogen and oxygen atoms in total. The van der Waals surface area contributed by atoms with E-state index in [-0.39, 0.29) is 12.2 Å². The highest BCUT2D eigenvalue weighted by molar-refractivity contribution is 5.36. The molecule has 0 amide bonds. The van der Waals surface area contributed by atoms with Crippen molar-refractivity contribution >= 4 is 0 Å². The lowest BCUT2D eigenvalue weighted by molar-refractivity contribution is -0.0295. The molecule has 3 aromatic carbocycles. The average molecular weight is 460 g/mol. The molecule has 0 unspecified atom stereocenters. The Kier molecular flexibility index (Phi) is 7.14. The predicted molar refractivity (Wildman–Crippen MR) is 132 cm³/mol. The van der Waals surface area contributed by atoms with Gasteiger partial charge < -0.3 is 19.7 Å². The summed E-state index contributed by atoms with van der Waals surface area (Å²) in [5, 5.41) is 22.2. The fourth-order valence-electron chi connectivity index (χ4n) is 5.04. The lowest BCUT2D eigenvalue weighted by Crippen LogP contribution is -2.48. The maximum absolute atomic E-state index is 11.1. The van der Waals surface area contributed by atoms with Crippen LogP contribution in [0, 0.1) is 0 Å². The Balaban J connectivity index is 1.26. The first-order valence-corrected chi connectivity index (χ1v) is 12.3. The molecule has 0 aliphatic carbocycles. The van der Waals surface area contributed by atoms with Crippen LogP contribution >= 0.6 is 0 Å². The molecule has 3 aromatic rings. The normalized spacial score (nSPS) is 21.0. The fourth-order valence-corrected chi connectivity index (χ4v) is 5.04. The second kappa shape index (κ2) is 10.6. The van der Waals surface area contributed by atoms with Crippen molar-refractivity contribution < 1.29 is 19.7 Å². The van der Waals surface area contributed by atoms with Crippen LogP contribution < -0.4 is 9.47 Å². The number of para-hydroxylation sites is 2. The highest BCUT2D eigenvalue weighted by atomic mass is 16.5. The van der Waals surface area contributed by atoms with Crippen LogP contribution in [0.2, 0.25) is 0 Å². The summed E-state index contributed by atoms with van der Waals surface area (Å²) in [7, 11) is 0. The number of hydrogen-bond acceptors (Lipinski definition) is 5. The van der Waals surface area contributed by atoms with Crippen LogP contribution in [0.3, 0.4) is 0 Å². The number of ether oxygens (including phenoxy) is 2. The molecule has 0 saturated carbocycles. The van der Waals surface area contributed by atoms with Gasteiger partial charge in [-0.15, -0.1) is 0 Å². The van der Waals surface area contributed by atoms with Crippen LogP contribution in [0.4, 0.5) is 0 Å². The Morgan fingerprint density at radius 3 is 1.68 bits per heavy atom. The van der Waals surface area contributed by atoms with E-state index in [0.717, 1.165) is 42.7 Å². The van der Waals surface area contributed by atoms with Gasteiger partial charge in [-0.1, -0.05) is 66.7 Å². The van der Waals surface area contributed by atoms with E-state index >= 15 is 0 Å². The van der Waals surface area contributed by atoms with Crippen molar-refractivity contribution in [3.63, 3.8) is 0 Å². The molecule has 0 aromatic heterocycles. The van der Waals surface area contributed by atoms with Crippen LogP contribution in [0.1, 0.15) is 29.5 Å². The van der Waals surface area contributed by atoms with Crippen molar-refractivity contribution in [1.29, 1.82) is 0 Å². The molecule has 0 bridgehead atoms. The zero-order valence-electron chi connectivity index (χ0n) is 19.4. The van der Waals surface area contributed by atoms with Gasteiger partial charge in [0.15, 0.2) is 0 Å². The lowest BCUT2D eigenvalue weighted by Gasteiger charge is -2.35. The maximum Gasteiger partial charge on any atom is 0.126 e. The van der Waals surface area contributed by atoms with Crippen molar-refractivity contribution in [2.75, 3.05) is 13.1 Å². The number of aliphatic hydroxyl groups excluding tert-OH is 2. The molecule has 34 heavy (non-hydrogen) atoms. The van der Waals surface area contributed by atoms with Crippen molar-refractivity contribution in [3.05, 3.63) is 95.6 Å². The van der Waals surface area contributed by atoms with Crippen LogP contribution in [-0.4, -0.2) is 52.6 Å². The number of fused-ring (bicyclic) bond motifs is 2. The van der Waals surface area contributed by atoms with E-state index in [4.69, 9.17) is 9.47 Å². The van der Waals surface area contributed by atoms with E-state index in [9.17, 15) is 10.2 Å². The molecule has 0 fully saturated rings. The van der Waals surface area contributed by atoms with Crippen molar-refractivity contribution in [3.8, 4) is 11.5 Å². The van der Waals surface area contributed by atoms with E-state index < -0.39 is 12.2 Å². The van der Waals surface area contributed by atoms with Gasteiger partial charge in [-0.25, -0.2) is 0 Å². The van der Waals surface area contributed by atoms with Gasteiger partial charge in [-0.2, -0.15) is 0 Å². The number of nitrogens with zero attached hydrogens (tertiary/aromatic N) is 1. The van der Waals surface area contributed by atoms with Gasteiger partial charge in [0, 0.05) is 19.6 Å². The van der Waals surface area contributed by atoms with Gasteiger partial charge in [-0.3, -0.25) is 4.90 Å². The molecule has 178 valence electrons. The smallest absolute Gasteiger partial charge is 0.126 e. The van der Waals surface area contributed by atoms with E-state index in [1.807, 2.05) is 54.6 Å². The first-order chi connectivity index (χ1) is 16.7. The molecule has 5 rings (SSSR count). The highest BCUT2D eigenvalue weighted by Crippen LogP contribution is 2.30. The Morgan fingerprint density at radius 1 is 0.676 bits per heavy atom. The number of rotatable bonds is 8. The molecular weight excluding hydrogens is 426 g/mol. The third-order valence-corrected chi connectivity index (χ3v) is 6.90. The molecule has 2 heterocycles. The second-order valence-corrected chi connectivity index (χ2v) is 9.42. The van der Waals surface area contributed by atoms with Crippen molar-refractivity contribution in [2.45, 2.75) is 56.6 Å². The second-order valence-electron chi connectivity index (χ2n) is 9.42. The first kappa shape index (κ1) is 22.9. The summed E-state index contributed by atoms with van der Waals surface area (Å²) >= 11 is 0. The van der Waals surface area contributed by atoms with E-state index in [2.05, 4.69) is 29.2 Å². The lowest BCUT2D eigenvalue weighted by atomic mass is 9.97. The summed E-state index contributed by atoms with van der Waals surface area (Å²) in [4.78, 5) is 2.12. The monoisotopic (exact) mass is 459 g/mol. The summed E-state index contributed by atoms with van der Waals surface area (Å²) in [6, 6.07) is 26.3. The molecule has 0 spiro atoms. The van der Waals surface area contributed by atoms with Crippen molar-refractivity contribution in [2.24, 2.45) is 0 Å². The van der Waals surface area contributed by atoms with E-state index in [0.29, 0.717) is 19.6 Å². The predicted octanol–water partition coefficient (Wildman–Crippen LogP) is 4.00. The third-order valence-electron chi connectivity index (χ3n) is 6.90. The van der Waals surface area contributed by atoms with E-state index in [1.54, 1.807) is 0 Å². The summed E-state index contributed by atoms with van der Waals surface area (Å²) in [6.07, 6.45) is 1.52. The minimum absolute atomic E-state index is 0.261. The van der Waals surface area contributed by atoms with Gasteiger partial charge in [0.2, 0.25) is 0 Å². The Labute approximate surface area is 201 Å². The minimum atomic E-state index is -0.655. The molecule has 5 heteroatoms. The van der Waals surface area contributed by atoms with Crippen LogP contribution in [0.15, 0.2) is 78.9 Å². The summed E-state index contributed by atoms with van der Waals surface area (Å²) in [6.45, 7) is 1.48. The quantitative estimate of drug-likeness (QED) is 0.533. The maximum atomic E-state index is 11.1. The zero-order valence-corrected chi connectivity index (χ0v) is 19.4. The summed E-state index contributed by atoms with van der Waals surface area (Å²) in [5.41, 5.74) is 3.53. The topological polar surface area (TPSA) is 62.2 Å². The highest BCUT2D eigenvalue weighted by Gasteiger charge is 2.31. The molecule has 2 aliphatic heterocycles. The van der Waals surface area contributed by atoms with Gasteiger partial charge in [0.1, 0.15) is 35.9 Å². The van der Waals surface area contributed by atoms with Gasteiger partial charge in [0.25, 0.3) is 0 Å². The molecule has 0 radical (unpaired) electrons.